The Morgan fingerprint density at radius 3 is 2.67 bits per heavy atom. The summed E-state index contributed by atoms with van der Waals surface area (Å²) in [5, 5.41) is 7.61. The van der Waals surface area contributed by atoms with Crippen molar-refractivity contribution in [2.24, 2.45) is 5.73 Å². The Morgan fingerprint density at radius 1 is 1.44 bits per heavy atom. The van der Waals surface area contributed by atoms with E-state index in [9.17, 15) is 0 Å². The van der Waals surface area contributed by atoms with Crippen LogP contribution in [0.3, 0.4) is 0 Å². The van der Waals surface area contributed by atoms with E-state index in [1.165, 1.54) is 0 Å². The van der Waals surface area contributed by atoms with Crippen LogP contribution in [0.5, 0.6) is 0 Å². The van der Waals surface area contributed by atoms with Crippen molar-refractivity contribution in [3.05, 3.63) is 35.4 Å². The molecule has 0 saturated heterocycles. The summed E-state index contributed by atoms with van der Waals surface area (Å²) in [6.07, 6.45) is 3.28. The van der Waals surface area contributed by atoms with Gasteiger partial charge in [-0.2, -0.15) is 11.8 Å². The van der Waals surface area contributed by atoms with E-state index in [4.69, 9.17) is 11.1 Å². The molecule has 0 aliphatic heterocycles. The predicted molar refractivity (Wildman–Crippen MR) is 81.4 cm³/mol. The van der Waals surface area contributed by atoms with E-state index in [0.29, 0.717) is 6.04 Å². The zero-order valence-electron chi connectivity index (χ0n) is 11.4. The smallest absolute Gasteiger partial charge is 0.123 e. The summed E-state index contributed by atoms with van der Waals surface area (Å²) in [5.74, 6) is 1.28. The van der Waals surface area contributed by atoms with Gasteiger partial charge in [-0.1, -0.05) is 31.2 Å². The van der Waals surface area contributed by atoms with Crippen LogP contribution < -0.4 is 5.73 Å². The van der Waals surface area contributed by atoms with E-state index in [1.807, 2.05) is 30.0 Å². The molecule has 3 nitrogen and oxygen atoms in total. The van der Waals surface area contributed by atoms with Gasteiger partial charge in [-0.3, -0.25) is 10.3 Å². The minimum atomic E-state index is 0.150. The summed E-state index contributed by atoms with van der Waals surface area (Å²) in [7, 11) is 2.14. The SMILES string of the molecule is CCC(CSC)N(C)Cc1ccccc1C(=N)N. The molecule has 0 heterocycles. The lowest BCUT2D eigenvalue weighted by Gasteiger charge is -2.27. The van der Waals surface area contributed by atoms with Gasteiger partial charge in [-0.05, 0) is 25.3 Å². The highest BCUT2D eigenvalue weighted by atomic mass is 32.2. The molecule has 0 bridgehead atoms. The van der Waals surface area contributed by atoms with Crippen molar-refractivity contribution in [2.45, 2.75) is 25.9 Å². The first-order chi connectivity index (χ1) is 8.60. The lowest BCUT2D eigenvalue weighted by Crippen LogP contribution is -2.33. The van der Waals surface area contributed by atoms with Gasteiger partial charge < -0.3 is 5.73 Å². The number of nitrogens with zero attached hydrogens (tertiary/aromatic N) is 1. The molecule has 0 aromatic heterocycles. The van der Waals surface area contributed by atoms with Crippen LogP contribution in [-0.4, -0.2) is 35.8 Å². The van der Waals surface area contributed by atoms with Crippen molar-refractivity contribution < 1.29 is 0 Å². The van der Waals surface area contributed by atoms with E-state index >= 15 is 0 Å². The summed E-state index contributed by atoms with van der Waals surface area (Å²) >= 11 is 1.88. The molecule has 18 heavy (non-hydrogen) atoms. The molecule has 3 N–H and O–H groups in total. The first kappa shape index (κ1) is 15.1. The fourth-order valence-corrected chi connectivity index (χ4v) is 2.94. The molecule has 1 aromatic rings. The zero-order valence-corrected chi connectivity index (χ0v) is 12.3. The summed E-state index contributed by atoms with van der Waals surface area (Å²) in [4.78, 5) is 2.35. The van der Waals surface area contributed by atoms with E-state index in [2.05, 4.69) is 31.2 Å². The van der Waals surface area contributed by atoms with E-state index < -0.39 is 0 Å². The van der Waals surface area contributed by atoms with Gasteiger partial charge in [0.05, 0.1) is 0 Å². The van der Waals surface area contributed by atoms with Gasteiger partial charge in [0.1, 0.15) is 5.84 Å². The molecule has 1 atom stereocenters. The monoisotopic (exact) mass is 265 g/mol. The minimum Gasteiger partial charge on any atom is -0.384 e. The number of hydrogen-bond acceptors (Lipinski definition) is 3. The fourth-order valence-electron chi connectivity index (χ4n) is 2.07. The molecule has 1 aromatic carbocycles. The Labute approximate surface area is 114 Å². The van der Waals surface area contributed by atoms with Gasteiger partial charge in [-0.25, -0.2) is 0 Å². The van der Waals surface area contributed by atoms with Crippen molar-refractivity contribution in [2.75, 3.05) is 19.1 Å². The van der Waals surface area contributed by atoms with Gasteiger partial charge in [0.15, 0.2) is 0 Å². The molecule has 0 fully saturated rings. The minimum absolute atomic E-state index is 0.150. The molecule has 0 spiro atoms. The third-order valence-corrected chi connectivity index (χ3v) is 3.90. The molecule has 1 rings (SSSR count). The lowest BCUT2D eigenvalue weighted by atomic mass is 10.1. The summed E-state index contributed by atoms with van der Waals surface area (Å²) < 4.78 is 0. The van der Waals surface area contributed by atoms with E-state index in [0.717, 1.165) is 29.8 Å². The Hall–Kier alpha value is -1.00. The van der Waals surface area contributed by atoms with Crippen molar-refractivity contribution >= 4 is 17.6 Å². The number of amidine groups is 1. The molecule has 0 aliphatic carbocycles. The van der Waals surface area contributed by atoms with Gasteiger partial charge in [0.25, 0.3) is 0 Å². The van der Waals surface area contributed by atoms with Crippen molar-refractivity contribution in [3.63, 3.8) is 0 Å². The molecule has 4 heteroatoms. The molecule has 0 radical (unpaired) electrons. The summed E-state index contributed by atoms with van der Waals surface area (Å²) in [5.41, 5.74) is 7.60. The van der Waals surface area contributed by atoms with Gasteiger partial charge in [-0.15, -0.1) is 0 Å². The molecule has 0 saturated carbocycles. The highest BCUT2D eigenvalue weighted by molar-refractivity contribution is 7.98. The standard InChI is InChI=1S/C14H23N3S/c1-4-12(10-18-3)17(2)9-11-7-5-6-8-13(11)14(15)16/h5-8,12H,4,9-10H2,1-3H3,(H3,15,16). The van der Waals surface area contributed by atoms with Crippen LogP contribution in [0.4, 0.5) is 0 Å². The molecule has 0 amide bonds. The van der Waals surface area contributed by atoms with Crippen LogP contribution in [0.25, 0.3) is 0 Å². The summed E-state index contributed by atoms with van der Waals surface area (Å²) in [6.45, 7) is 3.06. The van der Waals surface area contributed by atoms with Crippen LogP contribution in [0.2, 0.25) is 0 Å². The number of nitrogen functional groups attached to an aromatic ring is 1. The second kappa shape index (κ2) is 7.44. The quantitative estimate of drug-likeness (QED) is 0.588. The maximum atomic E-state index is 7.61. The largest absolute Gasteiger partial charge is 0.384 e. The molecule has 0 aliphatic rings. The topological polar surface area (TPSA) is 53.1 Å². The highest BCUT2D eigenvalue weighted by Crippen LogP contribution is 2.15. The number of hydrogen-bond donors (Lipinski definition) is 2. The fraction of sp³-hybridized carbons (Fsp3) is 0.500. The van der Waals surface area contributed by atoms with E-state index in [-0.39, 0.29) is 5.84 Å². The number of benzene rings is 1. The molecule has 100 valence electrons. The lowest BCUT2D eigenvalue weighted by molar-refractivity contribution is 0.248. The first-order valence-corrected chi connectivity index (χ1v) is 7.61. The summed E-state index contributed by atoms with van der Waals surface area (Å²) in [6, 6.07) is 8.48. The highest BCUT2D eigenvalue weighted by Gasteiger charge is 2.14. The number of rotatable bonds is 7. The third kappa shape index (κ3) is 4.03. The normalized spacial score (nSPS) is 12.7. The first-order valence-electron chi connectivity index (χ1n) is 6.21. The molecule has 1 unspecified atom stereocenters. The Balaban J connectivity index is 2.80. The predicted octanol–water partition coefficient (Wildman–Crippen LogP) is 2.54. The van der Waals surface area contributed by atoms with Gasteiger partial charge >= 0.3 is 0 Å². The van der Waals surface area contributed by atoms with Crippen LogP contribution in [-0.2, 0) is 6.54 Å². The van der Waals surface area contributed by atoms with Crippen LogP contribution >= 0.6 is 11.8 Å². The zero-order chi connectivity index (χ0) is 13.5. The average Bonchev–Trinajstić information content (AvgIpc) is 2.36. The van der Waals surface area contributed by atoms with Gasteiger partial charge in [0.2, 0.25) is 0 Å². The Morgan fingerprint density at radius 2 is 2.11 bits per heavy atom. The Bertz CT molecular complexity index is 392. The van der Waals surface area contributed by atoms with Crippen LogP contribution in [0.1, 0.15) is 24.5 Å². The molecular formula is C14H23N3S. The molecular weight excluding hydrogens is 242 g/mol. The van der Waals surface area contributed by atoms with Crippen molar-refractivity contribution in [1.82, 2.24) is 4.90 Å². The maximum absolute atomic E-state index is 7.61. The number of nitrogens with one attached hydrogen (secondary N) is 1. The number of nitrogens with two attached hydrogens (primary N) is 1. The maximum Gasteiger partial charge on any atom is 0.123 e. The Kier molecular flexibility index (Phi) is 6.22. The van der Waals surface area contributed by atoms with Crippen LogP contribution in [0.15, 0.2) is 24.3 Å². The van der Waals surface area contributed by atoms with Gasteiger partial charge in [0, 0.05) is 23.9 Å². The second-order valence-electron chi connectivity index (χ2n) is 4.50. The van der Waals surface area contributed by atoms with Crippen molar-refractivity contribution in [3.8, 4) is 0 Å². The second-order valence-corrected chi connectivity index (χ2v) is 5.41. The van der Waals surface area contributed by atoms with Crippen molar-refractivity contribution in [1.29, 1.82) is 5.41 Å². The van der Waals surface area contributed by atoms with Crippen LogP contribution in [0, 0.1) is 5.41 Å². The van der Waals surface area contributed by atoms with E-state index in [1.54, 1.807) is 0 Å². The number of thioether (sulfide) groups is 1. The third-order valence-electron chi connectivity index (χ3n) is 3.18. The average molecular weight is 265 g/mol.